The van der Waals surface area contributed by atoms with E-state index < -0.39 is 29.7 Å². The summed E-state index contributed by atoms with van der Waals surface area (Å²) in [5.41, 5.74) is 7.92. The number of piperazine rings is 1. The van der Waals surface area contributed by atoms with Crippen molar-refractivity contribution in [3.05, 3.63) is 105 Å². The van der Waals surface area contributed by atoms with Gasteiger partial charge in [0.1, 0.15) is 12.1 Å². The lowest BCUT2D eigenvalue weighted by Gasteiger charge is -2.44. The second kappa shape index (κ2) is 18.1. The third kappa shape index (κ3) is 8.55. The fraction of sp³-hybridized carbons (Fsp3) is 0.420. The van der Waals surface area contributed by atoms with Gasteiger partial charge in [-0.25, -0.2) is 0 Å². The van der Waals surface area contributed by atoms with Crippen molar-refractivity contribution in [2.45, 2.75) is 83.8 Å². The fourth-order valence-corrected chi connectivity index (χ4v) is 10.3. The Kier molecular flexibility index (Phi) is 12.1. The number of benzene rings is 3. The van der Waals surface area contributed by atoms with Gasteiger partial charge in [0.2, 0.25) is 17.7 Å². The Hall–Kier alpha value is -6.28. The van der Waals surface area contributed by atoms with Crippen LogP contribution in [0.5, 0.6) is 0 Å². The average Bonchev–Trinajstić information content (AvgIpc) is 3.74. The minimum absolute atomic E-state index is 0.0570. The summed E-state index contributed by atoms with van der Waals surface area (Å²) in [6, 6.07) is 20.6. The van der Waals surface area contributed by atoms with E-state index in [1.165, 1.54) is 0 Å². The summed E-state index contributed by atoms with van der Waals surface area (Å²) in [6.45, 7) is 9.56. The monoisotopic (exact) mass is 878 g/mol. The molecule has 4 fully saturated rings. The van der Waals surface area contributed by atoms with Gasteiger partial charge in [-0.15, -0.1) is 0 Å². The predicted molar refractivity (Wildman–Crippen MR) is 241 cm³/mol. The van der Waals surface area contributed by atoms with Crippen LogP contribution < -0.4 is 10.2 Å². The molecule has 0 bridgehead atoms. The number of amides is 5. The van der Waals surface area contributed by atoms with Crippen LogP contribution in [0.25, 0.3) is 11.3 Å². The summed E-state index contributed by atoms with van der Waals surface area (Å²) in [7, 11) is 0. The number of nitriles is 1. The number of aromatic nitrogens is 2. The number of imide groups is 2. The number of nitrogens with zero attached hydrogens (tertiary/aromatic N) is 7. The lowest BCUT2D eigenvalue weighted by molar-refractivity contribution is -0.139. The highest BCUT2D eigenvalue weighted by atomic mass is 35.5. The summed E-state index contributed by atoms with van der Waals surface area (Å²) >= 11 is 6.31. The zero-order valence-corrected chi connectivity index (χ0v) is 37.0. The molecule has 4 aliphatic heterocycles. The number of piperidine rings is 2. The van der Waals surface area contributed by atoms with Gasteiger partial charge >= 0.3 is 0 Å². The van der Waals surface area contributed by atoms with Crippen molar-refractivity contribution in [1.82, 2.24) is 29.8 Å². The number of rotatable bonds is 7. The van der Waals surface area contributed by atoms with Crippen molar-refractivity contribution in [3.63, 3.8) is 0 Å². The molecule has 0 spiro atoms. The van der Waals surface area contributed by atoms with Gasteiger partial charge in [0.15, 0.2) is 0 Å². The van der Waals surface area contributed by atoms with E-state index in [-0.39, 0.29) is 30.6 Å². The van der Waals surface area contributed by atoms with Gasteiger partial charge < -0.3 is 9.80 Å². The maximum atomic E-state index is 13.7. The smallest absolute Gasteiger partial charge is 0.262 e. The van der Waals surface area contributed by atoms with E-state index in [1.54, 1.807) is 24.3 Å². The highest BCUT2D eigenvalue weighted by Crippen LogP contribution is 2.34. The number of anilines is 1. The number of carbonyl (C=O) groups is 5. The summed E-state index contributed by atoms with van der Waals surface area (Å²) in [6.07, 6.45) is 5.73. The van der Waals surface area contributed by atoms with Gasteiger partial charge in [-0.3, -0.25) is 43.8 Å². The Labute approximate surface area is 378 Å². The molecule has 3 saturated heterocycles. The van der Waals surface area contributed by atoms with Crippen molar-refractivity contribution < 1.29 is 24.0 Å². The van der Waals surface area contributed by atoms with Crippen LogP contribution in [0.15, 0.2) is 60.7 Å². The van der Waals surface area contributed by atoms with Crippen LogP contribution >= 0.6 is 11.6 Å². The van der Waals surface area contributed by atoms with Gasteiger partial charge in [-0.05, 0) is 112 Å². The van der Waals surface area contributed by atoms with E-state index >= 15 is 0 Å². The number of hydrogen-bond donors (Lipinski definition) is 1. The summed E-state index contributed by atoms with van der Waals surface area (Å²) in [4.78, 5) is 72.1. The topological polar surface area (TPSA) is 152 Å². The first kappa shape index (κ1) is 43.0. The molecule has 328 valence electrons. The summed E-state index contributed by atoms with van der Waals surface area (Å²) < 4.78 is 2.00. The first-order chi connectivity index (χ1) is 30.9. The Bertz CT molecular complexity index is 2630. The Morgan fingerprint density at radius 1 is 0.828 bits per heavy atom. The molecule has 0 radical (unpaired) electrons. The van der Waals surface area contributed by atoms with Crippen molar-refractivity contribution in [2.24, 2.45) is 11.8 Å². The van der Waals surface area contributed by atoms with Crippen LogP contribution in [-0.2, 0) is 20.9 Å². The Balaban J connectivity index is 0.709. The molecular weight excluding hydrogens is 828 g/mol. The van der Waals surface area contributed by atoms with Crippen LogP contribution in [0, 0.1) is 48.9 Å². The normalized spacial score (nSPS) is 21.9. The molecule has 64 heavy (non-hydrogen) atoms. The molecule has 14 heteroatoms. The van der Waals surface area contributed by atoms with Crippen LogP contribution in [0.3, 0.4) is 0 Å². The molecule has 1 N–H and O–H groups in total. The highest BCUT2D eigenvalue weighted by Gasteiger charge is 2.45. The van der Waals surface area contributed by atoms with Crippen molar-refractivity contribution >= 4 is 46.8 Å². The fourth-order valence-electron chi connectivity index (χ4n) is 10.1. The van der Waals surface area contributed by atoms with E-state index in [9.17, 15) is 29.2 Å². The molecule has 5 amide bonds. The standard InChI is InChI=1S/C50H51ClN8O5/c1-31-32(2)58(54-46(31)37-13-14-38(29-52)43(51)27-37)30-35-7-5-33(6-8-35)3-4-34-9-11-36(12-10-34)48(62)57-25-23-56(24-26-57)39-19-21-55(22-20-39)40-15-16-41-42(28-40)50(64)59(49(41)63)44-17-18-45(60)53-47(44)61/h5-8,13-16,27-28,34,36,39,44H,9-12,17-26,30H2,1-2H3,(H,53,60,61). The molecular formula is C50H51ClN8O5. The minimum atomic E-state index is -0.979. The van der Waals surface area contributed by atoms with E-state index in [4.69, 9.17) is 16.7 Å². The van der Waals surface area contributed by atoms with Crippen molar-refractivity contribution in [2.75, 3.05) is 44.2 Å². The van der Waals surface area contributed by atoms with Crippen LogP contribution in [-0.4, -0.2) is 105 Å². The van der Waals surface area contributed by atoms with Crippen molar-refractivity contribution in [3.8, 4) is 29.2 Å². The first-order valence-electron chi connectivity index (χ1n) is 22.4. The Morgan fingerprint density at radius 3 is 2.23 bits per heavy atom. The molecule has 1 unspecified atom stereocenters. The number of carbonyl (C=O) groups excluding carboxylic acids is 5. The largest absolute Gasteiger partial charge is 0.371 e. The zero-order chi connectivity index (χ0) is 44.6. The number of nitrogens with one attached hydrogen (secondary N) is 1. The molecule has 1 aromatic heterocycles. The molecule has 9 rings (SSSR count). The predicted octanol–water partition coefficient (Wildman–Crippen LogP) is 6.11. The minimum Gasteiger partial charge on any atom is -0.371 e. The van der Waals surface area contributed by atoms with Gasteiger partial charge in [0, 0.05) is 86.1 Å². The van der Waals surface area contributed by atoms with Gasteiger partial charge in [-0.2, -0.15) is 10.4 Å². The van der Waals surface area contributed by atoms with Gasteiger partial charge in [-0.1, -0.05) is 41.6 Å². The van der Waals surface area contributed by atoms with Gasteiger partial charge in [0.25, 0.3) is 11.8 Å². The number of hydrogen-bond acceptors (Lipinski definition) is 9. The lowest BCUT2D eigenvalue weighted by Crippen LogP contribution is -2.55. The average molecular weight is 879 g/mol. The van der Waals surface area contributed by atoms with Gasteiger partial charge in [0.05, 0.1) is 34.0 Å². The quantitative estimate of drug-likeness (QED) is 0.171. The van der Waals surface area contributed by atoms with Crippen LogP contribution in [0.4, 0.5) is 5.69 Å². The van der Waals surface area contributed by atoms with Crippen LogP contribution in [0.2, 0.25) is 5.02 Å². The number of fused-ring (bicyclic) bond motifs is 1. The maximum absolute atomic E-state index is 13.7. The third-order valence-electron chi connectivity index (χ3n) is 14.0. The maximum Gasteiger partial charge on any atom is 0.262 e. The van der Waals surface area contributed by atoms with E-state index in [2.05, 4.69) is 76.0 Å². The molecule has 3 aromatic carbocycles. The second-order valence-electron chi connectivity index (χ2n) is 17.8. The summed E-state index contributed by atoms with van der Waals surface area (Å²) in [5, 5.41) is 16.8. The lowest BCUT2D eigenvalue weighted by atomic mass is 9.81. The second-order valence-corrected chi connectivity index (χ2v) is 18.2. The summed E-state index contributed by atoms with van der Waals surface area (Å²) in [5.74, 6) is 5.52. The highest BCUT2D eigenvalue weighted by molar-refractivity contribution is 6.32. The molecule has 5 aliphatic rings. The Morgan fingerprint density at radius 2 is 1.55 bits per heavy atom. The molecule has 1 aliphatic carbocycles. The van der Waals surface area contributed by atoms with Crippen LogP contribution in [0.1, 0.15) is 100 Å². The molecule has 1 saturated carbocycles. The SMILES string of the molecule is Cc1c(-c2ccc(C#N)c(Cl)c2)nn(Cc2ccc(C#CC3CCC(C(=O)N4CCN(C5CCN(c6ccc7c(c6)C(=O)N(C6CCC(=O)NC6=O)C7=O)CC5)CC4)CC3)cc2)c1C. The molecule has 1 atom stereocenters. The van der Waals surface area contributed by atoms with Crippen molar-refractivity contribution in [1.29, 1.82) is 5.26 Å². The van der Waals surface area contributed by atoms with E-state index in [0.717, 1.165) is 122 Å². The first-order valence-corrected chi connectivity index (χ1v) is 22.8. The molecule has 13 nitrogen and oxygen atoms in total. The number of halogens is 1. The van der Waals surface area contributed by atoms with E-state index in [0.29, 0.717) is 34.3 Å². The molecule has 5 heterocycles. The zero-order valence-electron chi connectivity index (χ0n) is 36.2. The third-order valence-corrected chi connectivity index (χ3v) is 14.4. The van der Waals surface area contributed by atoms with E-state index in [1.807, 2.05) is 16.8 Å². The molecule has 4 aromatic rings.